The van der Waals surface area contributed by atoms with Gasteiger partial charge in [0.25, 0.3) is 0 Å². The molecule has 154 valence electrons. The summed E-state index contributed by atoms with van der Waals surface area (Å²) >= 11 is 0. The third kappa shape index (κ3) is 5.62. The van der Waals surface area contributed by atoms with Crippen LogP contribution in [0, 0.1) is 13.8 Å². The van der Waals surface area contributed by atoms with E-state index in [1.807, 2.05) is 17.7 Å². The first-order chi connectivity index (χ1) is 13.1. The van der Waals surface area contributed by atoms with Crippen LogP contribution in [0.2, 0.25) is 0 Å². The van der Waals surface area contributed by atoms with Crippen molar-refractivity contribution in [3.8, 4) is 5.75 Å². The van der Waals surface area contributed by atoms with Crippen LogP contribution in [0.25, 0.3) is 0 Å². The maximum atomic E-state index is 10.3. The zero-order chi connectivity index (χ0) is 19.2. The van der Waals surface area contributed by atoms with Gasteiger partial charge in [-0.05, 0) is 69.2 Å². The maximum Gasteiger partial charge on any atom is 0.191 e. The van der Waals surface area contributed by atoms with E-state index in [-0.39, 0.29) is 24.0 Å². The molecule has 0 saturated heterocycles. The number of hydrogen-bond acceptors (Lipinski definition) is 3. The predicted molar refractivity (Wildman–Crippen MR) is 125 cm³/mol. The van der Waals surface area contributed by atoms with E-state index in [2.05, 4.69) is 39.8 Å². The second-order valence-corrected chi connectivity index (χ2v) is 7.26. The summed E-state index contributed by atoms with van der Waals surface area (Å²) in [7, 11) is 1.77. The monoisotopic (exact) mass is 497 g/mol. The van der Waals surface area contributed by atoms with Crippen LogP contribution in [0.4, 0.5) is 0 Å². The zero-order valence-electron chi connectivity index (χ0n) is 17.1. The molecule has 2 aromatic rings. The van der Waals surface area contributed by atoms with Crippen molar-refractivity contribution in [2.45, 2.75) is 59.0 Å². The first-order valence-corrected chi connectivity index (χ1v) is 9.86. The van der Waals surface area contributed by atoms with Crippen molar-refractivity contribution in [2.75, 3.05) is 13.6 Å². The molecule has 1 aromatic heterocycles. The van der Waals surface area contributed by atoms with Crippen LogP contribution < -0.4 is 10.6 Å². The smallest absolute Gasteiger partial charge is 0.191 e. The fourth-order valence-corrected chi connectivity index (χ4v) is 3.82. The number of nitrogens with one attached hydrogen (secondary N) is 2. The molecule has 0 aliphatic heterocycles. The van der Waals surface area contributed by atoms with Crippen molar-refractivity contribution in [2.24, 2.45) is 4.99 Å². The molecule has 1 aromatic carbocycles. The Labute approximate surface area is 184 Å². The highest BCUT2D eigenvalue weighted by molar-refractivity contribution is 14.0. The second-order valence-electron chi connectivity index (χ2n) is 7.26. The minimum Gasteiger partial charge on any atom is -0.508 e. The summed E-state index contributed by atoms with van der Waals surface area (Å²) < 4.78 is 2.04. The number of fused-ring (bicyclic) bond motifs is 1. The lowest BCUT2D eigenvalue weighted by molar-refractivity contribution is 0.464. The van der Waals surface area contributed by atoms with Gasteiger partial charge in [0.2, 0.25) is 0 Å². The lowest BCUT2D eigenvalue weighted by atomic mass is 9.88. The van der Waals surface area contributed by atoms with E-state index >= 15 is 0 Å². The number of benzene rings is 1. The number of halogens is 1. The number of nitrogens with zero attached hydrogens (tertiary/aromatic N) is 3. The molecular weight excluding hydrogens is 465 g/mol. The van der Waals surface area contributed by atoms with Crippen molar-refractivity contribution in [3.63, 3.8) is 0 Å². The molecule has 0 spiro atoms. The Kier molecular flexibility index (Phi) is 8.59. The number of phenolic OH excluding ortho intramolecular Hbond substituents is 1. The van der Waals surface area contributed by atoms with Gasteiger partial charge in [-0.15, -0.1) is 24.0 Å². The molecule has 7 heteroatoms. The van der Waals surface area contributed by atoms with E-state index in [0.29, 0.717) is 12.3 Å². The van der Waals surface area contributed by atoms with Crippen LogP contribution in [0.5, 0.6) is 5.75 Å². The van der Waals surface area contributed by atoms with Crippen molar-refractivity contribution in [3.05, 3.63) is 46.3 Å². The molecular formula is C21H32IN5O. The van der Waals surface area contributed by atoms with Gasteiger partial charge in [0.15, 0.2) is 5.96 Å². The number of rotatable bonds is 6. The molecule has 0 bridgehead atoms. The number of hydrogen-bond donors (Lipinski definition) is 3. The molecule has 0 atom stereocenters. The number of aryl methyl sites for hydroxylation is 4. The number of aromatic nitrogens is 2. The van der Waals surface area contributed by atoms with Crippen LogP contribution in [0.3, 0.4) is 0 Å². The molecule has 0 radical (unpaired) electrons. The van der Waals surface area contributed by atoms with Crippen molar-refractivity contribution >= 4 is 29.9 Å². The average molecular weight is 497 g/mol. The maximum absolute atomic E-state index is 10.3. The van der Waals surface area contributed by atoms with Crippen LogP contribution >= 0.6 is 24.0 Å². The normalized spacial score (nSPS) is 13.6. The number of guanidine groups is 1. The third-order valence-electron chi connectivity index (χ3n) is 5.23. The average Bonchev–Trinajstić information content (AvgIpc) is 2.99. The van der Waals surface area contributed by atoms with Gasteiger partial charge in [0.1, 0.15) is 5.75 Å². The molecule has 1 aliphatic rings. The molecule has 0 unspecified atom stereocenters. The quantitative estimate of drug-likeness (QED) is 0.248. The molecule has 28 heavy (non-hydrogen) atoms. The van der Waals surface area contributed by atoms with Gasteiger partial charge in [0.05, 0.1) is 5.69 Å². The van der Waals surface area contributed by atoms with Crippen LogP contribution in [0.1, 0.15) is 47.3 Å². The Bertz CT molecular complexity index is 815. The van der Waals surface area contributed by atoms with Gasteiger partial charge in [-0.25, -0.2) is 0 Å². The summed E-state index contributed by atoms with van der Waals surface area (Å²) in [6.45, 7) is 6.39. The Morgan fingerprint density at radius 1 is 1.21 bits per heavy atom. The van der Waals surface area contributed by atoms with Crippen LogP contribution in [0.15, 0.2) is 23.2 Å². The fourth-order valence-electron chi connectivity index (χ4n) is 3.82. The van der Waals surface area contributed by atoms with Crippen LogP contribution in [-0.4, -0.2) is 34.4 Å². The standard InChI is InChI=1S/C21H31N5O.HI/c1-15-13-16(2)26(25-15)12-6-11-23-21(22-3)24-14-19-18-8-5-4-7-17(18)9-10-20(19)27;/h9-10,13,27H,4-8,11-12,14H2,1-3H3,(H2,22,23,24);1H. The Balaban J connectivity index is 0.00000280. The van der Waals surface area contributed by atoms with Gasteiger partial charge >= 0.3 is 0 Å². The van der Waals surface area contributed by atoms with Gasteiger partial charge < -0.3 is 15.7 Å². The Morgan fingerprint density at radius 2 is 2.00 bits per heavy atom. The molecule has 0 amide bonds. The van der Waals surface area contributed by atoms with E-state index in [0.717, 1.165) is 49.6 Å². The van der Waals surface area contributed by atoms with Gasteiger partial charge in [0, 0.05) is 37.9 Å². The molecule has 3 N–H and O–H groups in total. The SMILES string of the molecule is CN=C(NCCCn1nc(C)cc1C)NCc1c(O)ccc2c1CCCC2.I. The summed E-state index contributed by atoms with van der Waals surface area (Å²) in [5.74, 6) is 1.14. The highest BCUT2D eigenvalue weighted by Gasteiger charge is 2.16. The van der Waals surface area contributed by atoms with Crippen molar-refractivity contribution < 1.29 is 5.11 Å². The minimum atomic E-state index is 0. The number of aliphatic imine (C=N–C) groups is 1. The lowest BCUT2D eigenvalue weighted by Gasteiger charge is -2.21. The molecule has 1 heterocycles. The topological polar surface area (TPSA) is 74.5 Å². The summed E-state index contributed by atoms with van der Waals surface area (Å²) in [5, 5.41) is 21.5. The molecule has 3 rings (SSSR count). The molecule has 0 fully saturated rings. The van der Waals surface area contributed by atoms with E-state index in [1.54, 1.807) is 7.05 Å². The van der Waals surface area contributed by atoms with Gasteiger partial charge in [-0.2, -0.15) is 5.10 Å². The molecule has 0 saturated carbocycles. The summed E-state index contributed by atoms with van der Waals surface area (Å²) in [4.78, 5) is 4.30. The lowest BCUT2D eigenvalue weighted by Crippen LogP contribution is -2.37. The van der Waals surface area contributed by atoms with E-state index in [9.17, 15) is 5.11 Å². The van der Waals surface area contributed by atoms with Gasteiger partial charge in [-0.3, -0.25) is 9.67 Å². The van der Waals surface area contributed by atoms with E-state index in [1.165, 1.54) is 29.7 Å². The van der Waals surface area contributed by atoms with E-state index in [4.69, 9.17) is 0 Å². The molecule has 1 aliphatic carbocycles. The first kappa shape index (κ1) is 22.5. The van der Waals surface area contributed by atoms with Gasteiger partial charge in [-0.1, -0.05) is 6.07 Å². The summed E-state index contributed by atoms with van der Waals surface area (Å²) in [5.41, 5.74) is 5.96. The molecule has 6 nitrogen and oxygen atoms in total. The highest BCUT2D eigenvalue weighted by atomic mass is 127. The largest absolute Gasteiger partial charge is 0.508 e. The van der Waals surface area contributed by atoms with Crippen LogP contribution in [-0.2, 0) is 25.9 Å². The highest BCUT2D eigenvalue weighted by Crippen LogP contribution is 2.30. The zero-order valence-corrected chi connectivity index (χ0v) is 19.4. The van der Waals surface area contributed by atoms with Crippen molar-refractivity contribution in [1.82, 2.24) is 20.4 Å². The number of phenols is 1. The van der Waals surface area contributed by atoms with E-state index < -0.39 is 0 Å². The number of aromatic hydroxyl groups is 1. The summed E-state index contributed by atoms with van der Waals surface area (Å²) in [6.07, 6.45) is 5.57. The predicted octanol–water partition coefficient (Wildman–Crippen LogP) is 3.46. The second kappa shape index (κ2) is 10.7. The minimum absolute atomic E-state index is 0. The third-order valence-corrected chi connectivity index (χ3v) is 5.23. The fraction of sp³-hybridized carbons (Fsp3) is 0.524. The Morgan fingerprint density at radius 3 is 2.71 bits per heavy atom. The summed E-state index contributed by atoms with van der Waals surface area (Å²) in [6, 6.07) is 5.99. The Hall–Kier alpha value is -1.77. The first-order valence-electron chi connectivity index (χ1n) is 9.86. The van der Waals surface area contributed by atoms with Crippen molar-refractivity contribution in [1.29, 1.82) is 0 Å².